The fourth-order valence-electron chi connectivity index (χ4n) is 2.26. The lowest BCUT2D eigenvalue weighted by Crippen LogP contribution is -2.37. The SMILES string of the molecule is CCC(C)C(C)NS(=O)(=O)c1cc(CNC)cc(C)c1C. The first-order valence-corrected chi connectivity index (χ1v) is 8.98. The van der Waals surface area contributed by atoms with E-state index in [1.54, 1.807) is 6.07 Å². The predicted octanol–water partition coefficient (Wildman–Crippen LogP) is 2.74. The van der Waals surface area contributed by atoms with Crippen molar-refractivity contribution in [1.29, 1.82) is 0 Å². The minimum atomic E-state index is -3.49. The maximum atomic E-state index is 12.7. The van der Waals surface area contributed by atoms with Crippen LogP contribution < -0.4 is 10.0 Å². The summed E-state index contributed by atoms with van der Waals surface area (Å²) in [6.07, 6.45) is 0.946. The highest BCUT2D eigenvalue weighted by molar-refractivity contribution is 7.89. The summed E-state index contributed by atoms with van der Waals surface area (Å²) < 4.78 is 28.1. The first-order valence-electron chi connectivity index (χ1n) is 7.50. The van der Waals surface area contributed by atoms with E-state index in [9.17, 15) is 8.42 Å². The summed E-state index contributed by atoms with van der Waals surface area (Å²) in [5.41, 5.74) is 2.80. The van der Waals surface area contributed by atoms with E-state index in [1.807, 2.05) is 33.9 Å². The second kappa shape index (κ2) is 7.38. The largest absolute Gasteiger partial charge is 0.316 e. The Labute approximate surface area is 129 Å². The van der Waals surface area contributed by atoms with E-state index in [0.717, 1.165) is 23.1 Å². The number of aryl methyl sites for hydroxylation is 1. The lowest BCUT2D eigenvalue weighted by molar-refractivity contribution is 0.434. The number of rotatable bonds is 7. The lowest BCUT2D eigenvalue weighted by Gasteiger charge is -2.21. The standard InChI is InChI=1S/C16H28N2O2S/c1-7-11(2)14(5)18-21(19,20)16-9-15(10-17-6)8-12(3)13(16)4/h8-9,11,14,17-18H,7,10H2,1-6H3. The molecule has 120 valence electrons. The molecule has 5 heteroatoms. The van der Waals surface area contributed by atoms with Crippen LogP contribution in [0.15, 0.2) is 17.0 Å². The van der Waals surface area contributed by atoms with Crippen LogP contribution in [0.4, 0.5) is 0 Å². The third-order valence-electron chi connectivity index (χ3n) is 4.19. The molecule has 2 N–H and O–H groups in total. The van der Waals surface area contributed by atoms with Crippen LogP contribution in [-0.2, 0) is 16.6 Å². The lowest BCUT2D eigenvalue weighted by atomic mass is 10.0. The van der Waals surface area contributed by atoms with E-state index in [-0.39, 0.29) is 6.04 Å². The highest BCUT2D eigenvalue weighted by Gasteiger charge is 2.23. The third kappa shape index (κ3) is 4.53. The van der Waals surface area contributed by atoms with E-state index in [2.05, 4.69) is 23.9 Å². The Morgan fingerprint density at radius 3 is 2.33 bits per heavy atom. The second-order valence-electron chi connectivity index (χ2n) is 5.86. The molecule has 1 aromatic rings. The molecule has 0 fully saturated rings. The van der Waals surface area contributed by atoms with Gasteiger partial charge in [-0.2, -0.15) is 0 Å². The Morgan fingerprint density at radius 1 is 1.19 bits per heavy atom. The molecule has 0 aliphatic rings. The minimum Gasteiger partial charge on any atom is -0.316 e. The fraction of sp³-hybridized carbons (Fsp3) is 0.625. The summed E-state index contributed by atoms with van der Waals surface area (Å²) in [7, 11) is -1.63. The molecule has 0 spiro atoms. The van der Waals surface area contributed by atoms with Gasteiger partial charge in [-0.3, -0.25) is 0 Å². The van der Waals surface area contributed by atoms with Gasteiger partial charge in [-0.1, -0.05) is 26.3 Å². The van der Waals surface area contributed by atoms with E-state index in [4.69, 9.17) is 0 Å². The van der Waals surface area contributed by atoms with Crippen molar-refractivity contribution < 1.29 is 8.42 Å². The van der Waals surface area contributed by atoms with Crippen LogP contribution in [0.3, 0.4) is 0 Å². The Morgan fingerprint density at radius 2 is 1.81 bits per heavy atom. The summed E-state index contributed by atoms with van der Waals surface area (Å²) in [5, 5.41) is 3.06. The molecule has 0 saturated carbocycles. The van der Waals surface area contributed by atoms with Crippen LogP contribution >= 0.6 is 0 Å². The van der Waals surface area contributed by atoms with Crippen LogP contribution in [0, 0.1) is 19.8 Å². The van der Waals surface area contributed by atoms with Crippen molar-refractivity contribution in [2.24, 2.45) is 5.92 Å². The second-order valence-corrected chi connectivity index (χ2v) is 7.54. The molecule has 1 rings (SSSR count). The molecule has 0 amide bonds. The smallest absolute Gasteiger partial charge is 0.241 e. The Balaban J connectivity index is 3.18. The quantitative estimate of drug-likeness (QED) is 0.814. The van der Waals surface area contributed by atoms with Gasteiger partial charge >= 0.3 is 0 Å². The molecule has 2 unspecified atom stereocenters. The molecule has 0 heterocycles. The molecule has 0 aliphatic heterocycles. The van der Waals surface area contributed by atoms with Gasteiger partial charge in [0.25, 0.3) is 0 Å². The number of benzene rings is 1. The average Bonchev–Trinajstić information content (AvgIpc) is 2.41. The monoisotopic (exact) mass is 312 g/mol. The van der Waals surface area contributed by atoms with Crippen molar-refractivity contribution in [3.63, 3.8) is 0 Å². The van der Waals surface area contributed by atoms with Gasteiger partial charge in [0.05, 0.1) is 4.90 Å². The summed E-state index contributed by atoms with van der Waals surface area (Å²) in [5.74, 6) is 0.307. The summed E-state index contributed by atoms with van der Waals surface area (Å²) in [4.78, 5) is 0.392. The van der Waals surface area contributed by atoms with E-state index in [1.165, 1.54) is 0 Å². The van der Waals surface area contributed by atoms with E-state index >= 15 is 0 Å². The van der Waals surface area contributed by atoms with E-state index in [0.29, 0.717) is 17.4 Å². The Hall–Kier alpha value is -0.910. The van der Waals surface area contributed by atoms with Gasteiger partial charge in [0.15, 0.2) is 0 Å². The zero-order valence-electron chi connectivity index (χ0n) is 13.9. The van der Waals surface area contributed by atoms with Gasteiger partial charge in [0.2, 0.25) is 10.0 Å². The molecule has 4 nitrogen and oxygen atoms in total. The number of hydrogen-bond donors (Lipinski definition) is 2. The van der Waals surface area contributed by atoms with Crippen LogP contribution in [0.25, 0.3) is 0 Å². The highest BCUT2D eigenvalue weighted by atomic mass is 32.2. The Kier molecular flexibility index (Phi) is 6.38. The van der Waals surface area contributed by atoms with E-state index < -0.39 is 10.0 Å². The van der Waals surface area contributed by atoms with Crippen molar-refractivity contribution in [2.75, 3.05) is 7.05 Å². The summed E-state index contributed by atoms with van der Waals surface area (Å²) in [6, 6.07) is 3.72. The molecule has 2 atom stereocenters. The van der Waals surface area contributed by atoms with Crippen molar-refractivity contribution in [2.45, 2.75) is 58.5 Å². The molecular formula is C16H28N2O2S. The van der Waals surface area contributed by atoms with Gasteiger partial charge in [-0.25, -0.2) is 13.1 Å². The van der Waals surface area contributed by atoms with Gasteiger partial charge in [-0.15, -0.1) is 0 Å². The molecule has 0 aromatic heterocycles. The zero-order valence-corrected chi connectivity index (χ0v) is 14.8. The van der Waals surface area contributed by atoms with Gasteiger partial charge in [0.1, 0.15) is 0 Å². The van der Waals surface area contributed by atoms with Crippen LogP contribution in [0.1, 0.15) is 43.9 Å². The zero-order chi connectivity index (χ0) is 16.2. The summed E-state index contributed by atoms with van der Waals surface area (Å²) in [6.45, 7) is 10.5. The molecule has 0 bridgehead atoms. The minimum absolute atomic E-state index is 0.0762. The molecule has 1 aromatic carbocycles. The van der Waals surface area contributed by atoms with Gasteiger partial charge < -0.3 is 5.32 Å². The number of sulfonamides is 1. The first-order chi connectivity index (χ1) is 9.72. The van der Waals surface area contributed by atoms with Crippen molar-refractivity contribution in [1.82, 2.24) is 10.0 Å². The number of hydrogen-bond acceptors (Lipinski definition) is 3. The molecule has 21 heavy (non-hydrogen) atoms. The molecular weight excluding hydrogens is 284 g/mol. The third-order valence-corrected chi connectivity index (χ3v) is 5.87. The van der Waals surface area contributed by atoms with Crippen molar-refractivity contribution >= 4 is 10.0 Å². The van der Waals surface area contributed by atoms with Gasteiger partial charge in [0, 0.05) is 12.6 Å². The fourth-order valence-corrected chi connectivity index (χ4v) is 3.98. The van der Waals surface area contributed by atoms with Crippen molar-refractivity contribution in [3.8, 4) is 0 Å². The maximum absolute atomic E-state index is 12.7. The van der Waals surface area contributed by atoms with Gasteiger partial charge in [-0.05, 0) is 56.5 Å². The van der Waals surface area contributed by atoms with Crippen LogP contribution in [0.2, 0.25) is 0 Å². The molecule has 0 radical (unpaired) electrons. The summed E-state index contributed by atoms with van der Waals surface area (Å²) >= 11 is 0. The topological polar surface area (TPSA) is 58.2 Å². The number of nitrogens with one attached hydrogen (secondary N) is 2. The highest BCUT2D eigenvalue weighted by Crippen LogP contribution is 2.22. The average molecular weight is 312 g/mol. The normalized spacial score (nSPS) is 15.0. The maximum Gasteiger partial charge on any atom is 0.241 e. The van der Waals surface area contributed by atoms with Crippen molar-refractivity contribution in [3.05, 3.63) is 28.8 Å². The van der Waals surface area contributed by atoms with Crippen LogP contribution in [0.5, 0.6) is 0 Å². The Bertz CT molecular complexity index is 582. The van der Waals surface area contributed by atoms with Crippen LogP contribution in [-0.4, -0.2) is 21.5 Å². The predicted molar refractivity (Wildman–Crippen MR) is 87.9 cm³/mol. The molecule has 0 saturated heterocycles. The first kappa shape index (κ1) is 18.1. The molecule has 0 aliphatic carbocycles.